The van der Waals surface area contributed by atoms with Crippen molar-refractivity contribution in [2.75, 3.05) is 38.0 Å². The smallest absolute Gasteiger partial charge is 0.295 e. The van der Waals surface area contributed by atoms with Crippen LogP contribution in [0.4, 0.5) is 23.5 Å². The summed E-state index contributed by atoms with van der Waals surface area (Å²) in [6.45, 7) is 0. The van der Waals surface area contributed by atoms with Gasteiger partial charge in [-0.15, -0.1) is 10.2 Å². The lowest BCUT2D eigenvalue weighted by Crippen LogP contribution is -2.18. The van der Waals surface area contributed by atoms with E-state index in [0.717, 1.165) is 6.07 Å². The highest BCUT2D eigenvalue weighted by atomic mass is 32.2. The zero-order valence-corrected chi connectivity index (χ0v) is 17.0. The lowest BCUT2D eigenvalue weighted by Gasteiger charge is -2.14. The Morgan fingerprint density at radius 2 is 1.45 bits per heavy atom. The van der Waals surface area contributed by atoms with Crippen molar-refractivity contribution in [2.45, 2.75) is 4.90 Å². The number of phenols is 1. The van der Waals surface area contributed by atoms with Crippen LogP contribution in [0.3, 0.4) is 0 Å². The minimum atomic E-state index is -4.55. The maximum absolute atomic E-state index is 11.8. The molecule has 0 saturated heterocycles. The number of aromatic nitrogens is 3. The topological polar surface area (TPSA) is 144 Å². The first kappa shape index (κ1) is 20.4. The van der Waals surface area contributed by atoms with Gasteiger partial charge in [-0.25, -0.2) is 0 Å². The highest BCUT2D eigenvalue weighted by Crippen LogP contribution is 2.39. The van der Waals surface area contributed by atoms with Gasteiger partial charge in [-0.05, 0) is 6.07 Å². The zero-order valence-electron chi connectivity index (χ0n) is 16.1. The van der Waals surface area contributed by atoms with Crippen LogP contribution in [0.1, 0.15) is 0 Å². The molecule has 152 valence electrons. The predicted octanol–water partition coefficient (Wildman–Crippen LogP) is 2.52. The fraction of sp³-hybridized carbons (Fsp3) is 0.235. The van der Waals surface area contributed by atoms with E-state index >= 15 is 0 Å². The maximum Gasteiger partial charge on any atom is 0.295 e. The standard InChI is InChI=1S/C17H19N7O4S/c1-23(2)16-18-15(19-17(20-16)24(3)4)22-21-12-9-13(29(26,27)28)10-7-5-6-8-11(10)14(12)25/h5-9,25H,1-4H3,(H,26,27,28)/b22-21+. The molecule has 3 aromatic rings. The molecule has 0 amide bonds. The molecular formula is C17H19N7O4S. The monoisotopic (exact) mass is 417 g/mol. The number of benzene rings is 2. The molecule has 0 atom stereocenters. The highest BCUT2D eigenvalue weighted by Gasteiger charge is 2.19. The summed E-state index contributed by atoms with van der Waals surface area (Å²) in [5, 5.41) is 18.7. The second-order valence-electron chi connectivity index (χ2n) is 6.49. The van der Waals surface area contributed by atoms with E-state index in [0.29, 0.717) is 11.9 Å². The quantitative estimate of drug-likeness (QED) is 0.472. The van der Waals surface area contributed by atoms with E-state index in [-0.39, 0.29) is 28.2 Å². The maximum atomic E-state index is 11.8. The molecule has 0 unspecified atom stereocenters. The zero-order chi connectivity index (χ0) is 21.3. The number of anilines is 2. The minimum absolute atomic E-state index is 0.0339. The molecule has 0 aliphatic carbocycles. The second-order valence-corrected chi connectivity index (χ2v) is 7.88. The lowest BCUT2D eigenvalue weighted by molar-refractivity contribution is 0.480. The molecule has 3 rings (SSSR count). The molecule has 1 heterocycles. The summed E-state index contributed by atoms with van der Waals surface area (Å²) in [5.74, 6) is 0.373. The van der Waals surface area contributed by atoms with Crippen LogP contribution in [0.2, 0.25) is 0 Å². The molecule has 0 radical (unpaired) electrons. The SMILES string of the molecule is CN(C)c1nc(/N=N/c2cc(S(=O)(=O)O)c3ccccc3c2O)nc(N(C)C)n1. The van der Waals surface area contributed by atoms with Gasteiger partial charge >= 0.3 is 0 Å². The molecule has 12 heteroatoms. The molecule has 0 saturated carbocycles. The van der Waals surface area contributed by atoms with Crippen LogP contribution in [0.5, 0.6) is 5.75 Å². The normalized spacial score (nSPS) is 11.9. The Balaban J connectivity index is 2.16. The Morgan fingerprint density at radius 1 is 0.897 bits per heavy atom. The molecule has 2 aromatic carbocycles. The number of nitrogens with zero attached hydrogens (tertiary/aromatic N) is 7. The minimum Gasteiger partial charge on any atom is -0.505 e. The van der Waals surface area contributed by atoms with Crippen LogP contribution in [0.15, 0.2) is 45.5 Å². The van der Waals surface area contributed by atoms with Gasteiger partial charge in [-0.1, -0.05) is 24.3 Å². The largest absolute Gasteiger partial charge is 0.505 e. The van der Waals surface area contributed by atoms with Crippen molar-refractivity contribution in [1.29, 1.82) is 0 Å². The van der Waals surface area contributed by atoms with E-state index in [2.05, 4.69) is 25.2 Å². The first-order valence-corrected chi connectivity index (χ1v) is 9.76. The molecule has 29 heavy (non-hydrogen) atoms. The molecule has 0 bridgehead atoms. The van der Waals surface area contributed by atoms with E-state index in [9.17, 15) is 18.1 Å². The Labute approximate surface area is 167 Å². The summed E-state index contributed by atoms with van der Waals surface area (Å²) in [6.07, 6.45) is 0. The summed E-state index contributed by atoms with van der Waals surface area (Å²) in [6, 6.07) is 7.23. The summed E-state index contributed by atoms with van der Waals surface area (Å²) in [4.78, 5) is 15.5. The van der Waals surface area contributed by atoms with Gasteiger partial charge in [0.15, 0.2) is 5.75 Å². The van der Waals surface area contributed by atoms with Crippen LogP contribution in [0.25, 0.3) is 10.8 Å². The Hall–Kier alpha value is -3.38. The van der Waals surface area contributed by atoms with Gasteiger partial charge in [0.1, 0.15) is 10.6 Å². The molecule has 0 aliphatic rings. The van der Waals surface area contributed by atoms with Crippen molar-refractivity contribution in [2.24, 2.45) is 10.2 Å². The highest BCUT2D eigenvalue weighted by molar-refractivity contribution is 7.86. The van der Waals surface area contributed by atoms with Gasteiger partial charge in [0, 0.05) is 39.0 Å². The van der Waals surface area contributed by atoms with Crippen LogP contribution < -0.4 is 9.80 Å². The number of hydrogen-bond donors (Lipinski definition) is 2. The summed E-state index contributed by atoms with van der Waals surface area (Å²) >= 11 is 0. The molecule has 0 aliphatic heterocycles. The van der Waals surface area contributed by atoms with Gasteiger partial charge in [0.05, 0.1) is 0 Å². The van der Waals surface area contributed by atoms with E-state index in [4.69, 9.17) is 0 Å². The fourth-order valence-electron chi connectivity index (χ4n) is 2.49. The van der Waals surface area contributed by atoms with Crippen molar-refractivity contribution in [3.05, 3.63) is 30.3 Å². The predicted molar refractivity (Wildman–Crippen MR) is 108 cm³/mol. The Bertz CT molecular complexity index is 1180. The van der Waals surface area contributed by atoms with Crippen LogP contribution in [0, 0.1) is 0 Å². The number of azo groups is 1. The number of rotatable bonds is 5. The van der Waals surface area contributed by atoms with E-state index in [1.165, 1.54) is 12.1 Å². The van der Waals surface area contributed by atoms with Gasteiger partial charge in [0.25, 0.3) is 16.1 Å². The van der Waals surface area contributed by atoms with Gasteiger partial charge < -0.3 is 14.9 Å². The van der Waals surface area contributed by atoms with Crippen molar-refractivity contribution in [3.63, 3.8) is 0 Å². The molecular weight excluding hydrogens is 398 g/mol. The third-order valence-corrected chi connectivity index (χ3v) is 4.78. The van der Waals surface area contributed by atoms with Crippen molar-refractivity contribution < 1.29 is 18.1 Å². The Kier molecular flexibility index (Phi) is 5.31. The molecule has 0 fully saturated rings. The molecule has 11 nitrogen and oxygen atoms in total. The average Bonchev–Trinajstić information content (AvgIpc) is 2.66. The lowest BCUT2D eigenvalue weighted by atomic mass is 10.1. The molecule has 2 N–H and O–H groups in total. The van der Waals surface area contributed by atoms with Gasteiger partial charge in [-0.3, -0.25) is 4.55 Å². The van der Waals surface area contributed by atoms with Crippen molar-refractivity contribution in [3.8, 4) is 5.75 Å². The van der Waals surface area contributed by atoms with E-state index in [1.54, 1.807) is 50.1 Å². The Morgan fingerprint density at radius 3 is 1.97 bits per heavy atom. The number of aromatic hydroxyl groups is 1. The summed E-state index contributed by atoms with van der Waals surface area (Å²) < 4.78 is 33.1. The van der Waals surface area contributed by atoms with Crippen LogP contribution in [-0.4, -0.2) is 61.2 Å². The summed E-state index contributed by atoms with van der Waals surface area (Å²) in [5.41, 5.74) is -0.158. The van der Waals surface area contributed by atoms with Crippen molar-refractivity contribution >= 4 is 44.4 Å². The summed E-state index contributed by atoms with van der Waals surface area (Å²) in [7, 11) is 2.46. The van der Waals surface area contributed by atoms with Gasteiger partial charge in [-0.2, -0.15) is 23.4 Å². The number of fused-ring (bicyclic) bond motifs is 1. The first-order chi connectivity index (χ1) is 13.6. The fourth-order valence-corrected chi connectivity index (χ4v) is 3.21. The van der Waals surface area contributed by atoms with Crippen LogP contribution in [-0.2, 0) is 10.1 Å². The van der Waals surface area contributed by atoms with Crippen molar-refractivity contribution in [1.82, 2.24) is 15.0 Å². The van der Waals surface area contributed by atoms with E-state index < -0.39 is 15.0 Å². The number of hydrogen-bond acceptors (Lipinski definition) is 10. The van der Waals surface area contributed by atoms with E-state index in [1.807, 2.05) is 0 Å². The number of phenolic OH excluding ortho intramolecular Hbond substituents is 1. The third kappa shape index (κ3) is 4.22. The second kappa shape index (κ2) is 7.56. The van der Waals surface area contributed by atoms with Gasteiger partial charge in [0.2, 0.25) is 11.9 Å². The third-order valence-electron chi connectivity index (χ3n) is 3.88. The van der Waals surface area contributed by atoms with Crippen LogP contribution >= 0.6 is 0 Å². The molecule has 1 aromatic heterocycles. The molecule has 0 spiro atoms. The first-order valence-electron chi connectivity index (χ1n) is 8.32. The average molecular weight is 417 g/mol.